The molecule has 1 aliphatic carbocycles. The lowest BCUT2D eigenvalue weighted by molar-refractivity contribution is -0.121. The van der Waals surface area contributed by atoms with Crippen molar-refractivity contribution < 1.29 is 14.3 Å². The lowest BCUT2D eigenvalue weighted by Gasteiger charge is -2.30. The lowest BCUT2D eigenvalue weighted by Crippen LogP contribution is -2.40. The fourth-order valence-corrected chi connectivity index (χ4v) is 4.66. The van der Waals surface area contributed by atoms with E-state index < -0.39 is 0 Å². The number of ether oxygens (including phenoxy) is 2. The van der Waals surface area contributed by atoms with Crippen LogP contribution in [0, 0.1) is 0 Å². The Morgan fingerprint density at radius 2 is 1.74 bits per heavy atom. The van der Waals surface area contributed by atoms with Crippen LogP contribution in [0.2, 0.25) is 0 Å². The molecule has 1 aliphatic rings. The van der Waals surface area contributed by atoms with Crippen LogP contribution in [0.1, 0.15) is 31.2 Å². The second kappa shape index (κ2) is 10.6. The molecule has 0 aliphatic heterocycles. The van der Waals surface area contributed by atoms with E-state index in [9.17, 15) is 4.79 Å². The predicted octanol–water partition coefficient (Wildman–Crippen LogP) is 4.40. The molecule has 4 rings (SSSR count). The van der Waals surface area contributed by atoms with Crippen LogP contribution in [0.3, 0.4) is 0 Å². The van der Waals surface area contributed by atoms with Crippen molar-refractivity contribution in [1.82, 2.24) is 10.3 Å². The Morgan fingerprint density at radius 1 is 1.00 bits per heavy atom. The van der Waals surface area contributed by atoms with E-state index >= 15 is 0 Å². The molecule has 180 valence electrons. The lowest BCUT2D eigenvalue weighted by atomic mass is 9.91. The van der Waals surface area contributed by atoms with Gasteiger partial charge < -0.3 is 25.0 Å². The van der Waals surface area contributed by atoms with Gasteiger partial charge in [-0.3, -0.25) is 4.79 Å². The number of aromatic nitrogens is 1. The third-order valence-corrected chi connectivity index (χ3v) is 6.46. The van der Waals surface area contributed by atoms with E-state index in [-0.39, 0.29) is 18.4 Å². The van der Waals surface area contributed by atoms with Crippen molar-refractivity contribution in [3.8, 4) is 11.5 Å². The molecule has 3 aromatic rings. The summed E-state index contributed by atoms with van der Waals surface area (Å²) in [5, 5.41) is 7.98. The number of methoxy groups -OCH3 is 2. The highest BCUT2D eigenvalue weighted by Gasteiger charge is 2.23. The van der Waals surface area contributed by atoms with E-state index in [0.717, 1.165) is 59.4 Å². The van der Waals surface area contributed by atoms with Crippen LogP contribution >= 0.6 is 0 Å². The van der Waals surface area contributed by atoms with Gasteiger partial charge in [-0.15, -0.1) is 0 Å². The van der Waals surface area contributed by atoms with Crippen molar-refractivity contribution in [2.75, 3.05) is 38.5 Å². The number of carbonyl (C=O) groups is 1. The van der Waals surface area contributed by atoms with Gasteiger partial charge in [-0.25, -0.2) is 4.98 Å². The van der Waals surface area contributed by atoms with Gasteiger partial charge >= 0.3 is 0 Å². The van der Waals surface area contributed by atoms with Gasteiger partial charge in [-0.05, 0) is 49.9 Å². The molecule has 7 heteroatoms. The third-order valence-electron chi connectivity index (χ3n) is 6.46. The number of para-hydroxylation sites is 1. The van der Waals surface area contributed by atoms with Gasteiger partial charge in [-0.1, -0.05) is 18.2 Å². The average Bonchev–Trinajstić information content (AvgIpc) is 2.84. The van der Waals surface area contributed by atoms with E-state index in [0.29, 0.717) is 11.8 Å². The zero-order chi connectivity index (χ0) is 24.1. The quantitative estimate of drug-likeness (QED) is 0.517. The molecule has 2 N–H and O–H groups in total. The van der Waals surface area contributed by atoms with Crippen LogP contribution < -0.4 is 25.0 Å². The molecule has 0 bridgehead atoms. The summed E-state index contributed by atoms with van der Waals surface area (Å²) in [7, 11) is 7.34. The first-order chi connectivity index (χ1) is 16.5. The van der Waals surface area contributed by atoms with Crippen LogP contribution in [0.5, 0.6) is 11.5 Å². The molecule has 1 heterocycles. The van der Waals surface area contributed by atoms with Gasteiger partial charge in [0.1, 0.15) is 17.3 Å². The molecule has 2 aromatic carbocycles. The number of amides is 1. The molecule has 0 unspecified atom stereocenters. The van der Waals surface area contributed by atoms with Gasteiger partial charge in [0.2, 0.25) is 5.91 Å². The van der Waals surface area contributed by atoms with Gasteiger partial charge in [0.05, 0.1) is 26.2 Å². The Balaban J connectivity index is 1.33. The fraction of sp³-hybridized carbons (Fsp3) is 0.407. The number of nitrogens with zero attached hydrogens (tertiary/aromatic N) is 2. The summed E-state index contributed by atoms with van der Waals surface area (Å²) in [6.07, 6.45) is 4.12. The first kappa shape index (κ1) is 23.7. The molecule has 0 radical (unpaired) electrons. The number of hydrogen-bond acceptors (Lipinski definition) is 6. The number of anilines is 2. The van der Waals surface area contributed by atoms with Crippen molar-refractivity contribution in [1.29, 1.82) is 0 Å². The topological polar surface area (TPSA) is 75.7 Å². The fourth-order valence-electron chi connectivity index (χ4n) is 4.66. The van der Waals surface area contributed by atoms with Crippen molar-refractivity contribution in [3.63, 3.8) is 0 Å². The van der Waals surface area contributed by atoms with E-state index in [1.54, 1.807) is 14.2 Å². The molecule has 34 heavy (non-hydrogen) atoms. The van der Waals surface area contributed by atoms with Crippen LogP contribution in [0.25, 0.3) is 10.9 Å². The normalized spacial score (nSPS) is 17.8. The SMILES string of the molecule is COc1ccc(OC)c(CC(=O)N[C@H]2CC[C@@H](Nc3cc(N(C)C)c4ccccc4n3)CC2)c1. The number of fused-ring (bicyclic) bond motifs is 1. The van der Waals surface area contributed by atoms with Gasteiger partial charge in [0.15, 0.2) is 0 Å². The molecular formula is C27H34N4O3. The zero-order valence-electron chi connectivity index (χ0n) is 20.4. The van der Waals surface area contributed by atoms with E-state index in [2.05, 4.69) is 47.8 Å². The number of carbonyl (C=O) groups excluding carboxylic acids is 1. The Labute approximate surface area is 201 Å². The van der Waals surface area contributed by atoms with E-state index in [1.165, 1.54) is 0 Å². The molecule has 1 saturated carbocycles. The molecule has 0 spiro atoms. The highest BCUT2D eigenvalue weighted by Crippen LogP contribution is 2.29. The minimum Gasteiger partial charge on any atom is -0.497 e. The molecule has 7 nitrogen and oxygen atoms in total. The molecule has 1 amide bonds. The Bertz CT molecular complexity index is 1140. The number of benzene rings is 2. The Morgan fingerprint density at radius 3 is 2.44 bits per heavy atom. The van der Waals surface area contributed by atoms with Gasteiger partial charge in [0.25, 0.3) is 0 Å². The highest BCUT2D eigenvalue weighted by atomic mass is 16.5. The predicted molar refractivity (Wildman–Crippen MR) is 137 cm³/mol. The maximum atomic E-state index is 12.7. The summed E-state index contributed by atoms with van der Waals surface area (Å²) in [5.74, 6) is 2.33. The van der Waals surface area contributed by atoms with Crippen molar-refractivity contribution in [3.05, 3.63) is 54.1 Å². The molecule has 0 saturated heterocycles. The second-order valence-electron chi connectivity index (χ2n) is 9.05. The van der Waals surface area contributed by atoms with Crippen LogP contribution in [-0.4, -0.2) is 51.3 Å². The van der Waals surface area contributed by atoms with Crippen molar-refractivity contribution in [2.45, 2.75) is 44.2 Å². The number of nitrogens with one attached hydrogen (secondary N) is 2. The summed E-state index contributed by atoms with van der Waals surface area (Å²) in [6, 6.07) is 16.4. The summed E-state index contributed by atoms with van der Waals surface area (Å²) < 4.78 is 10.7. The molecule has 1 fully saturated rings. The summed E-state index contributed by atoms with van der Waals surface area (Å²) in [5.41, 5.74) is 2.97. The Kier molecular flexibility index (Phi) is 7.40. The van der Waals surface area contributed by atoms with Crippen LogP contribution in [-0.2, 0) is 11.2 Å². The summed E-state index contributed by atoms with van der Waals surface area (Å²) >= 11 is 0. The van der Waals surface area contributed by atoms with Crippen molar-refractivity contribution >= 4 is 28.3 Å². The summed E-state index contributed by atoms with van der Waals surface area (Å²) in [6.45, 7) is 0. The van der Waals surface area contributed by atoms with E-state index in [1.807, 2.05) is 30.3 Å². The Hall–Kier alpha value is -3.48. The molecule has 0 atom stereocenters. The van der Waals surface area contributed by atoms with Crippen LogP contribution in [0.15, 0.2) is 48.5 Å². The van der Waals surface area contributed by atoms with Crippen molar-refractivity contribution in [2.24, 2.45) is 0 Å². The number of rotatable bonds is 8. The maximum Gasteiger partial charge on any atom is 0.224 e. The first-order valence-electron chi connectivity index (χ1n) is 11.8. The third kappa shape index (κ3) is 5.53. The van der Waals surface area contributed by atoms with Gasteiger partial charge in [0, 0.05) is 48.9 Å². The van der Waals surface area contributed by atoms with Gasteiger partial charge in [-0.2, -0.15) is 0 Å². The summed E-state index contributed by atoms with van der Waals surface area (Å²) in [4.78, 5) is 19.7. The zero-order valence-corrected chi connectivity index (χ0v) is 20.4. The maximum absolute atomic E-state index is 12.7. The minimum atomic E-state index is 0.00906. The minimum absolute atomic E-state index is 0.00906. The monoisotopic (exact) mass is 462 g/mol. The first-order valence-corrected chi connectivity index (χ1v) is 11.8. The van der Waals surface area contributed by atoms with Crippen LogP contribution in [0.4, 0.5) is 11.5 Å². The smallest absolute Gasteiger partial charge is 0.224 e. The second-order valence-corrected chi connectivity index (χ2v) is 9.05. The highest BCUT2D eigenvalue weighted by molar-refractivity contribution is 5.93. The number of hydrogen-bond donors (Lipinski definition) is 2. The number of pyridine rings is 1. The molecule has 1 aromatic heterocycles. The standard InChI is InChI=1S/C27H34N4O3/c1-31(2)24-17-26(30-23-8-6-5-7-22(23)24)28-19-9-11-20(12-10-19)29-27(32)16-18-15-21(33-3)13-14-25(18)34-4/h5-8,13-15,17,19-20H,9-12,16H2,1-4H3,(H,28,30)(H,29,32)/t19-,20+. The average molecular weight is 463 g/mol. The van der Waals surface area contributed by atoms with E-state index in [4.69, 9.17) is 14.5 Å². The molecular weight excluding hydrogens is 428 g/mol. The largest absolute Gasteiger partial charge is 0.497 e.